The number of esters is 1. The fourth-order valence-electron chi connectivity index (χ4n) is 4.40. The largest absolute Gasteiger partial charge is 0.490 e. The summed E-state index contributed by atoms with van der Waals surface area (Å²) in [4.78, 5) is 17.8. The molecular formula is C29H26Cl2N4O4. The number of anilines is 1. The van der Waals surface area contributed by atoms with Gasteiger partial charge in [0.25, 0.3) is 0 Å². The summed E-state index contributed by atoms with van der Waals surface area (Å²) in [5.74, 6) is 1.13. The number of aromatic nitrogens is 3. The van der Waals surface area contributed by atoms with E-state index >= 15 is 0 Å². The van der Waals surface area contributed by atoms with E-state index in [1.54, 1.807) is 23.7 Å². The zero-order valence-electron chi connectivity index (χ0n) is 21.4. The number of rotatable bonds is 9. The molecule has 0 spiro atoms. The van der Waals surface area contributed by atoms with Crippen molar-refractivity contribution in [3.63, 3.8) is 0 Å². The lowest BCUT2D eigenvalue weighted by Crippen LogP contribution is -2.30. The van der Waals surface area contributed by atoms with Crippen LogP contribution in [-0.2, 0) is 16.1 Å². The maximum atomic E-state index is 13.4. The smallest absolute Gasteiger partial charge is 0.338 e. The van der Waals surface area contributed by atoms with Gasteiger partial charge in [0.2, 0.25) is 5.95 Å². The van der Waals surface area contributed by atoms with Crippen LogP contribution < -0.4 is 14.8 Å². The number of carbonyl (C=O) groups is 1. The lowest BCUT2D eigenvalue weighted by molar-refractivity contribution is -0.138. The molecule has 1 N–H and O–H groups in total. The molecule has 0 radical (unpaired) electrons. The van der Waals surface area contributed by atoms with Crippen LogP contribution >= 0.6 is 23.2 Å². The van der Waals surface area contributed by atoms with Gasteiger partial charge in [-0.3, -0.25) is 0 Å². The van der Waals surface area contributed by atoms with E-state index in [-0.39, 0.29) is 13.2 Å². The third-order valence-corrected chi connectivity index (χ3v) is 6.86. The topological polar surface area (TPSA) is 87.5 Å². The van der Waals surface area contributed by atoms with Gasteiger partial charge in [-0.05, 0) is 54.8 Å². The summed E-state index contributed by atoms with van der Waals surface area (Å²) < 4.78 is 19.2. The number of nitrogens with one attached hydrogen (secondary N) is 1. The van der Waals surface area contributed by atoms with Gasteiger partial charge in [-0.2, -0.15) is 10.1 Å². The summed E-state index contributed by atoms with van der Waals surface area (Å²) in [6.45, 7) is 4.59. The average molecular weight is 565 g/mol. The highest BCUT2D eigenvalue weighted by Crippen LogP contribution is 2.41. The predicted molar refractivity (Wildman–Crippen MR) is 150 cm³/mol. The van der Waals surface area contributed by atoms with Gasteiger partial charge in [0.1, 0.15) is 19.0 Å². The first kappa shape index (κ1) is 26.6. The number of halogens is 2. The van der Waals surface area contributed by atoms with Crippen LogP contribution in [0.1, 0.15) is 36.6 Å². The minimum Gasteiger partial charge on any atom is -0.490 e. The van der Waals surface area contributed by atoms with E-state index in [0.29, 0.717) is 45.4 Å². The molecule has 0 saturated carbocycles. The number of nitrogens with zero attached hydrogens (tertiary/aromatic N) is 3. The molecule has 10 heteroatoms. The Morgan fingerprint density at radius 1 is 0.949 bits per heavy atom. The fourth-order valence-corrected chi connectivity index (χ4v) is 4.72. The Hall–Kier alpha value is -4.01. The maximum Gasteiger partial charge on any atom is 0.338 e. The Morgan fingerprint density at radius 2 is 1.77 bits per heavy atom. The number of carbonyl (C=O) groups excluding carboxylic acids is 1. The molecule has 0 amide bonds. The van der Waals surface area contributed by atoms with Crippen molar-refractivity contribution in [3.8, 4) is 11.5 Å². The zero-order chi connectivity index (χ0) is 27.4. The molecule has 8 nitrogen and oxygen atoms in total. The van der Waals surface area contributed by atoms with Gasteiger partial charge in [0.05, 0.1) is 34.5 Å². The minimum atomic E-state index is -0.624. The van der Waals surface area contributed by atoms with E-state index in [1.165, 1.54) is 6.33 Å². The van der Waals surface area contributed by atoms with E-state index in [0.717, 1.165) is 16.7 Å². The SMILES string of the molecule is CCOC(=O)C1=C(c2ccccc2)Nc2ncnn2[C@@H]1c1ccc(OCc2ccc(Cl)c(Cl)c2)c(OCC)c1. The molecule has 0 aliphatic carbocycles. The first-order valence-corrected chi connectivity index (χ1v) is 13.2. The highest BCUT2D eigenvalue weighted by Gasteiger charge is 2.36. The van der Waals surface area contributed by atoms with Crippen LogP contribution in [0.25, 0.3) is 5.70 Å². The molecular weight excluding hydrogens is 539 g/mol. The molecule has 0 bridgehead atoms. The van der Waals surface area contributed by atoms with Crippen LogP contribution in [0.15, 0.2) is 78.6 Å². The first-order chi connectivity index (χ1) is 19.0. The van der Waals surface area contributed by atoms with Crippen molar-refractivity contribution in [2.75, 3.05) is 18.5 Å². The monoisotopic (exact) mass is 564 g/mol. The van der Waals surface area contributed by atoms with E-state index in [1.807, 2.05) is 61.5 Å². The van der Waals surface area contributed by atoms with Gasteiger partial charge in [-0.25, -0.2) is 9.48 Å². The van der Waals surface area contributed by atoms with Crippen LogP contribution in [-0.4, -0.2) is 33.9 Å². The number of ether oxygens (including phenoxy) is 3. The summed E-state index contributed by atoms with van der Waals surface area (Å²) >= 11 is 12.2. The molecule has 0 fully saturated rings. The highest BCUT2D eigenvalue weighted by atomic mass is 35.5. The normalized spacial score (nSPS) is 14.4. The summed E-state index contributed by atoms with van der Waals surface area (Å²) in [6.07, 6.45) is 1.45. The number of benzene rings is 3. The molecule has 0 unspecified atom stereocenters. The van der Waals surface area contributed by atoms with Crippen LogP contribution in [0.5, 0.6) is 11.5 Å². The van der Waals surface area contributed by atoms with Crippen LogP contribution in [0, 0.1) is 0 Å². The van der Waals surface area contributed by atoms with Gasteiger partial charge in [-0.15, -0.1) is 0 Å². The molecule has 1 aromatic heterocycles. The van der Waals surface area contributed by atoms with Gasteiger partial charge in [-0.1, -0.05) is 65.7 Å². The van der Waals surface area contributed by atoms with E-state index in [9.17, 15) is 4.79 Å². The molecule has 5 rings (SSSR count). The zero-order valence-corrected chi connectivity index (χ0v) is 22.9. The summed E-state index contributed by atoms with van der Waals surface area (Å²) in [5.41, 5.74) is 3.46. The van der Waals surface area contributed by atoms with Crippen molar-refractivity contribution in [2.24, 2.45) is 0 Å². The molecule has 200 valence electrons. The third kappa shape index (κ3) is 5.57. The van der Waals surface area contributed by atoms with Gasteiger partial charge >= 0.3 is 5.97 Å². The quantitative estimate of drug-likeness (QED) is 0.230. The fraction of sp³-hybridized carbons (Fsp3) is 0.207. The van der Waals surface area contributed by atoms with Crippen molar-refractivity contribution in [2.45, 2.75) is 26.5 Å². The molecule has 3 aromatic carbocycles. The lowest BCUT2D eigenvalue weighted by Gasteiger charge is -2.30. The Labute approximate surface area is 236 Å². The second-order valence-electron chi connectivity index (χ2n) is 8.61. The van der Waals surface area contributed by atoms with Crippen molar-refractivity contribution in [1.82, 2.24) is 14.8 Å². The summed E-state index contributed by atoms with van der Waals surface area (Å²) in [7, 11) is 0. The molecule has 1 atom stereocenters. The van der Waals surface area contributed by atoms with Crippen LogP contribution in [0.3, 0.4) is 0 Å². The molecule has 39 heavy (non-hydrogen) atoms. The van der Waals surface area contributed by atoms with Crippen LogP contribution in [0.4, 0.5) is 5.95 Å². The van der Waals surface area contributed by atoms with Gasteiger partial charge < -0.3 is 19.5 Å². The molecule has 1 aliphatic rings. The Balaban J connectivity index is 1.57. The minimum absolute atomic E-state index is 0.229. The second kappa shape index (κ2) is 11.8. The van der Waals surface area contributed by atoms with Crippen LogP contribution in [0.2, 0.25) is 10.0 Å². The van der Waals surface area contributed by atoms with E-state index < -0.39 is 12.0 Å². The third-order valence-electron chi connectivity index (χ3n) is 6.12. The van der Waals surface area contributed by atoms with Gasteiger partial charge in [0.15, 0.2) is 11.5 Å². The highest BCUT2D eigenvalue weighted by molar-refractivity contribution is 6.42. The standard InChI is InChI=1S/C29H26Cl2N4O4/c1-3-37-24-15-20(11-13-23(24)39-16-18-10-12-21(30)22(31)14-18)27-25(28(36)38-4-2)26(19-8-6-5-7-9-19)34-29-32-17-33-35(27)29/h5-15,17,27H,3-4,16H2,1-2H3,(H,32,33,34)/t27-/m1/s1. The number of hydrogen-bond acceptors (Lipinski definition) is 7. The average Bonchev–Trinajstić information content (AvgIpc) is 3.42. The number of fused-ring (bicyclic) bond motifs is 1. The Morgan fingerprint density at radius 3 is 2.51 bits per heavy atom. The predicted octanol–water partition coefficient (Wildman–Crippen LogP) is 6.55. The van der Waals surface area contributed by atoms with Crippen molar-refractivity contribution < 1.29 is 19.0 Å². The lowest BCUT2D eigenvalue weighted by atomic mass is 9.92. The first-order valence-electron chi connectivity index (χ1n) is 12.5. The number of hydrogen-bond donors (Lipinski definition) is 1. The molecule has 1 aliphatic heterocycles. The van der Waals surface area contributed by atoms with Crippen molar-refractivity contribution in [3.05, 3.63) is 105 Å². The summed E-state index contributed by atoms with van der Waals surface area (Å²) in [5, 5.41) is 8.64. The summed E-state index contributed by atoms with van der Waals surface area (Å²) in [6, 6.07) is 19.9. The van der Waals surface area contributed by atoms with Crippen molar-refractivity contribution in [1.29, 1.82) is 0 Å². The molecule has 0 saturated heterocycles. The maximum absolute atomic E-state index is 13.4. The van der Waals surface area contributed by atoms with Crippen molar-refractivity contribution >= 4 is 40.8 Å². The van der Waals surface area contributed by atoms with E-state index in [4.69, 9.17) is 37.4 Å². The molecule has 4 aromatic rings. The van der Waals surface area contributed by atoms with Gasteiger partial charge in [0, 0.05) is 0 Å². The van der Waals surface area contributed by atoms with E-state index in [2.05, 4.69) is 15.4 Å². The Bertz CT molecular complexity index is 1520. The Kier molecular flexibility index (Phi) is 8.05. The molecule has 2 heterocycles. The second-order valence-corrected chi connectivity index (χ2v) is 9.42.